The molecule has 13 nitrogen and oxygen atoms in total. The van der Waals surface area contributed by atoms with Gasteiger partial charge in [-0.05, 0) is 5.92 Å². The van der Waals surface area contributed by atoms with Gasteiger partial charge in [0, 0.05) is 5.75 Å². The second kappa shape index (κ2) is 13.4. The first-order chi connectivity index (χ1) is 14.3. The monoisotopic (exact) mass is 462 g/mol. The highest BCUT2D eigenvalue weighted by Crippen LogP contribution is 2.10. The van der Waals surface area contributed by atoms with Crippen LogP contribution < -0.4 is 33.2 Å². The summed E-state index contributed by atoms with van der Waals surface area (Å²) in [5.41, 5.74) is 15.7. The fourth-order valence-corrected chi connectivity index (χ4v) is 2.65. The Hall–Kier alpha value is -2.87. The van der Waals surface area contributed by atoms with Crippen molar-refractivity contribution in [1.29, 1.82) is 0 Å². The quantitative estimate of drug-likeness (QED) is 0.121. The lowest BCUT2D eigenvalue weighted by Gasteiger charge is -2.27. The van der Waals surface area contributed by atoms with Gasteiger partial charge >= 0.3 is 5.97 Å². The number of nitrogens with two attached hydrogens (primary N) is 3. The number of rotatable bonds is 14. The number of thiol groups is 1. The zero-order valence-electron chi connectivity index (χ0n) is 17.3. The third-order valence-corrected chi connectivity index (χ3v) is 4.75. The van der Waals surface area contributed by atoms with E-state index in [1.807, 2.05) is 0 Å². The molecule has 0 rings (SSSR count). The van der Waals surface area contributed by atoms with Crippen LogP contribution in [0.2, 0.25) is 0 Å². The van der Waals surface area contributed by atoms with Crippen LogP contribution in [0.4, 0.5) is 0 Å². The summed E-state index contributed by atoms with van der Waals surface area (Å²) in [6.07, 6.45) is -0.608. The van der Waals surface area contributed by atoms with E-state index in [1.165, 1.54) is 0 Å². The molecule has 5 atom stereocenters. The van der Waals surface area contributed by atoms with Gasteiger partial charge in [0.1, 0.15) is 18.1 Å². The Balaban J connectivity index is 5.51. The number of carbonyl (C=O) groups is 6. The van der Waals surface area contributed by atoms with E-state index in [4.69, 9.17) is 22.3 Å². The molecule has 0 saturated carbocycles. The predicted molar refractivity (Wildman–Crippen MR) is 112 cm³/mol. The minimum Gasteiger partial charge on any atom is -0.480 e. The number of carboxylic acids is 1. The van der Waals surface area contributed by atoms with Crippen LogP contribution >= 0.6 is 12.6 Å². The van der Waals surface area contributed by atoms with Gasteiger partial charge in [-0.1, -0.05) is 20.3 Å². The van der Waals surface area contributed by atoms with Crippen molar-refractivity contribution in [2.24, 2.45) is 23.1 Å². The zero-order valence-corrected chi connectivity index (χ0v) is 18.2. The van der Waals surface area contributed by atoms with Crippen LogP contribution in [0, 0.1) is 5.92 Å². The SMILES string of the molecule is CCC(C)C(NC(=O)C(N)CC(N)=O)C(=O)NC(CC(N)=O)C(=O)NC(CS)C(=O)O. The first kappa shape index (κ1) is 28.1. The molecule has 0 aliphatic carbocycles. The largest absolute Gasteiger partial charge is 0.480 e. The van der Waals surface area contributed by atoms with Crippen molar-refractivity contribution in [2.45, 2.75) is 57.3 Å². The molecule has 5 unspecified atom stereocenters. The summed E-state index contributed by atoms with van der Waals surface area (Å²) in [6, 6.07) is -5.30. The van der Waals surface area contributed by atoms with Crippen LogP contribution in [0.3, 0.4) is 0 Å². The molecule has 0 aromatic heterocycles. The first-order valence-corrected chi connectivity index (χ1v) is 10.0. The molecule has 31 heavy (non-hydrogen) atoms. The summed E-state index contributed by atoms with van der Waals surface area (Å²) in [5.74, 6) is -6.35. The predicted octanol–water partition coefficient (Wildman–Crippen LogP) is -3.42. The van der Waals surface area contributed by atoms with Crippen LogP contribution in [0.5, 0.6) is 0 Å². The molecule has 0 spiro atoms. The third kappa shape index (κ3) is 10.1. The van der Waals surface area contributed by atoms with E-state index in [-0.39, 0.29) is 5.75 Å². The van der Waals surface area contributed by atoms with E-state index in [2.05, 4.69) is 28.6 Å². The summed E-state index contributed by atoms with van der Waals surface area (Å²) in [7, 11) is 0. The maximum atomic E-state index is 12.8. The van der Waals surface area contributed by atoms with Gasteiger partial charge in [-0.2, -0.15) is 12.6 Å². The fourth-order valence-electron chi connectivity index (χ4n) is 2.40. The second-order valence-electron chi connectivity index (χ2n) is 6.96. The molecule has 0 aliphatic heterocycles. The molecule has 0 fully saturated rings. The Morgan fingerprint density at radius 1 is 0.871 bits per heavy atom. The van der Waals surface area contributed by atoms with Gasteiger partial charge in [-0.25, -0.2) is 4.79 Å². The van der Waals surface area contributed by atoms with E-state index >= 15 is 0 Å². The van der Waals surface area contributed by atoms with Gasteiger partial charge in [0.25, 0.3) is 0 Å². The van der Waals surface area contributed by atoms with Crippen molar-refractivity contribution in [1.82, 2.24) is 16.0 Å². The number of hydrogen-bond donors (Lipinski definition) is 8. The Bertz CT molecular complexity index is 704. The summed E-state index contributed by atoms with van der Waals surface area (Å²) < 4.78 is 0. The van der Waals surface area contributed by atoms with E-state index in [0.29, 0.717) is 6.42 Å². The minimum absolute atomic E-state index is 0.235. The van der Waals surface area contributed by atoms with Crippen molar-refractivity contribution in [3.63, 3.8) is 0 Å². The zero-order chi connectivity index (χ0) is 24.3. The molecule has 10 N–H and O–H groups in total. The van der Waals surface area contributed by atoms with E-state index < -0.39 is 78.4 Å². The van der Waals surface area contributed by atoms with E-state index in [9.17, 15) is 28.8 Å². The molecule has 5 amide bonds. The third-order valence-electron chi connectivity index (χ3n) is 4.39. The highest BCUT2D eigenvalue weighted by Gasteiger charge is 2.33. The van der Waals surface area contributed by atoms with Crippen molar-refractivity contribution in [2.75, 3.05) is 5.75 Å². The average Bonchev–Trinajstić information content (AvgIpc) is 2.67. The van der Waals surface area contributed by atoms with Crippen molar-refractivity contribution >= 4 is 48.1 Å². The molecule has 176 valence electrons. The Kier molecular flexibility index (Phi) is 12.2. The van der Waals surface area contributed by atoms with Crippen LogP contribution in [0.15, 0.2) is 0 Å². The second-order valence-corrected chi connectivity index (χ2v) is 7.33. The number of carboxylic acid groups (broad SMARTS) is 1. The van der Waals surface area contributed by atoms with Gasteiger partial charge in [0.05, 0.1) is 18.9 Å². The summed E-state index contributed by atoms with van der Waals surface area (Å²) in [5, 5.41) is 15.9. The summed E-state index contributed by atoms with van der Waals surface area (Å²) in [4.78, 5) is 70.8. The van der Waals surface area contributed by atoms with Crippen LogP contribution in [0.1, 0.15) is 33.1 Å². The summed E-state index contributed by atoms with van der Waals surface area (Å²) in [6.45, 7) is 3.40. The minimum atomic E-state index is -1.49. The number of nitrogens with one attached hydrogen (secondary N) is 3. The number of aliphatic carboxylic acids is 1. The molecule has 0 saturated heterocycles. The number of hydrogen-bond acceptors (Lipinski definition) is 8. The molecular weight excluding hydrogens is 432 g/mol. The lowest BCUT2D eigenvalue weighted by atomic mass is 9.97. The molecule has 0 heterocycles. The van der Waals surface area contributed by atoms with Gasteiger partial charge < -0.3 is 38.3 Å². The van der Waals surface area contributed by atoms with Crippen LogP contribution in [0.25, 0.3) is 0 Å². The maximum Gasteiger partial charge on any atom is 0.327 e. The van der Waals surface area contributed by atoms with Crippen molar-refractivity contribution in [3.8, 4) is 0 Å². The van der Waals surface area contributed by atoms with Gasteiger partial charge in [-0.15, -0.1) is 0 Å². The first-order valence-electron chi connectivity index (χ1n) is 9.40. The maximum absolute atomic E-state index is 12.8. The lowest BCUT2D eigenvalue weighted by molar-refractivity contribution is -0.141. The molecule has 0 aromatic carbocycles. The van der Waals surface area contributed by atoms with E-state index in [0.717, 1.165) is 0 Å². The fraction of sp³-hybridized carbons (Fsp3) is 0.647. The smallest absolute Gasteiger partial charge is 0.327 e. The highest BCUT2D eigenvalue weighted by molar-refractivity contribution is 7.80. The van der Waals surface area contributed by atoms with Crippen molar-refractivity contribution in [3.05, 3.63) is 0 Å². The van der Waals surface area contributed by atoms with Gasteiger partial charge in [0.15, 0.2) is 0 Å². The van der Waals surface area contributed by atoms with Crippen LogP contribution in [-0.4, -0.2) is 70.5 Å². The molecule has 0 radical (unpaired) electrons. The molecule has 0 aromatic rings. The number of primary amides is 2. The van der Waals surface area contributed by atoms with Crippen molar-refractivity contribution < 1.29 is 33.9 Å². The number of amides is 5. The summed E-state index contributed by atoms with van der Waals surface area (Å²) >= 11 is 3.82. The Morgan fingerprint density at radius 3 is 1.81 bits per heavy atom. The highest BCUT2D eigenvalue weighted by atomic mass is 32.1. The van der Waals surface area contributed by atoms with Gasteiger partial charge in [0.2, 0.25) is 29.5 Å². The van der Waals surface area contributed by atoms with E-state index in [1.54, 1.807) is 13.8 Å². The topological polar surface area (TPSA) is 237 Å². The Labute approximate surface area is 184 Å². The molecule has 0 aliphatic rings. The number of carbonyl (C=O) groups excluding carboxylic acids is 5. The molecule has 14 heteroatoms. The Morgan fingerprint density at radius 2 is 1.39 bits per heavy atom. The molecular formula is C17H30N6O7S. The standard InChI is InChI=1S/C17H30N6O7S/c1-3-7(2)13(23-14(26)8(18)4-11(19)24)16(28)21-9(5-12(20)25)15(27)22-10(6-31)17(29)30/h7-10,13,31H,3-6,18H2,1-2H3,(H2,19,24)(H2,20,25)(H,21,28)(H,22,27)(H,23,26)(H,29,30). The van der Waals surface area contributed by atoms with Crippen LogP contribution in [-0.2, 0) is 28.8 Å². The molecule has 0 bridgehead atoms. The van der Waals surface area contributed by atoms with Gasteiger partial charge in [-0.3, -0.25) is 24.0 Å². The normalized spacial score (nSPS) is 15.5. The average molecular weight is 463 g/mol. The lowest BCUT2D eigenvalue weighted by Crippen LogP contribution is -2.59.